The third-order valence-corrected chi connectivity index (χ3v) is 16.2. The zero-order chi connectivity index (χ0) is 59.9. The third-order valence-electron chi connectivity index (χ3n) is 16.2. The van der Waals surface area contributed by atoms with Crippen molar-refractivity contribution in [2.45, 2.75) is 386 Å². The largest absolute Gasteiger partial charge is 0.462 e. The Balaban J connectivity index is 4.24. The molecule has 0 rings (SSSR count). The SMILES string of the molecule is CCCCC/C=C\C/C=C\CCCCCCCCCCCC(=O)OC(COC(=O)CCCCCCC/C=C\CCCCCCCC)COC(=O)CCCCCCCCCCCCCCCCCC/C=C\C/C=C\C/C=C\CCCCCCC. The van der Waals surface area contributed by atoms with Gasteiger partial charge >= 0.3 is 17.9 Å². The molecule has 1 unspecified atom stereocenters. The summed E-state index contributed by atoms with van der Waals surface area (Å²) in [5.41, 5.74) is 0. The quantitative estimate of drug-likeness (QED) is 0.0261. The van der Waals surface area contributed by atoms with E-state index in [1.165, 1.54) is 257 Å². The third kappa shape index (κ3) is 69.5. The highest BCUT2D eigenvalue weighted by Gasteiger charge is 2.19. The number of carbonyl (C=O) groups is 3. The average molecular weight is 1160 g/mol. The van der Waals surface area contributed by atoms with Gasteiger partial charge in [0.25, 0.3) is 0 Å². The van der Waals surface area contributed by atoms with Crippen LogP contribution in [-0.4, -0.2) is 37.2 Å². The summed E-state index contributed by atoms with van der Waals surface area (Å²) in [6, 6.07) is 0. The zero-order valence-corrected chi connectivity index (χ0v) is 55.5. The maximum atomic E-state index is 13.0. The van der Waals surface area contributed by atoms with Gasteiger partial charge in [0.2, 0.25) is 0 Å². The van der Waals surface area contributed by atoms with Crippen molar-refractivity contribution in [2.75, 3.05) is 13.2 Å². The minimum atomic E-state index is -0.782. The molecule has 0 heterocycles. The van der Waals surface area contributed by atoms with E-state index in [0.29, 0.717) is 19.3 Å². The molecule has 0 saturated carbocycles. The van der Waals surface area contributed by atoms with Crippen LogP contribution in [0, 0.1) is 0 Å². The second kappa shape index (κ2) is 71.3. The smallest absolute Gasteiger partial charge is 0.306 e. The zero-order valence-electron chi connectivity index (χ0n) is 55.5. The average Bonchev–Trinajstić information content (AvgIpc) is 3.49. The van der Waals surface area contributed by atoms with Gasteiger partial charge in [0.15, 0.2) is 6.10 Å². The van der Waals surface area contributed by atoms with Gasteiger partial charge in [-0.05, 0) is 116 Å². The van der Waals surface area contributed by atoms with E-state index in [1.807, 2.05) is 0 Å². The van der Waals surface area contributed by atoms with E-state index in [0.717, 1.165) is 83.5 Å². The molecule has 0 spiro atoms. The van der Waals surface area contributed by atoms with E-state index in [1.54, 1.807) is 0 Å². The summed E-state index contributed by atoms with van der Waals surface area (Å²) in [5, 5.41) is 0. The molecular formula is C77H138O6. The van der Waals surface area contributed by atoms with Gasteiger partial charge in [-0.25, -0.2) is 0 Å². The normalized spacial score (nSPS) is 12.5. The second-order valence-corrected chi connectivity index (χ2v) is 24.5. The molecule has 1 atom stereocenters. The summed E-state index contributed by atoms with van der Waals surface area (Å²) in [5.74, 6) is -0.868. The fourth-order valence-electron chi connectivity index (χ4n) is 10.7. The minimum absolute atomic E-state index is 0.0765. The van der Waals surface area contributed by atoms with Gasteiger partial charge in [-0.15, -0.1) is 0 Å². The highest BCUT2D eigenvalue weighted by Crippen LogP contribution is 2.18. The van der Waals surface area contributed by atoms with Gasteiger partial charge in [-0.1, -0.05) is 318 Å². The first-order chi connectivity index (χ1) is 41.0. The number of allylic oxidation sites excluding steroid dienone is 12. The molecule has 0 aliphatic rings. The van der Waals surface area contributed by atoms with E-state index in [2.05, 4.69) is 93.7 Å². The summed E-state index contributed by atoms with van der Waals surface area (Å²) in [6.07, 6.45) is 93.6. The molecule has 0 aliphatic heterocycles. The highest BCUT2D eigenvalue weighted by molar-refractivity contribution is 5.71. The van der Waals surface area contributed by atoms with Crippen molar-refractivity contribution in [2.24, 2.45) is 0 Å². The topological polar surface area (TPSA) is 78.9 Å². The number of hydrogen-bond acceptors (Lipinski definition) is 6. The van der Waals surface area contributed by atoms with E-state index < -0.39 is 6.10 Å². The van der Waals surface area contributed by atoms with Crippen molar-refractivity contribution in [3.8, 4) is 0 Å². The van der Waals surface area contributed by atoms with Crippen LogP contribution in [0.3, 0.4) is 0 Å². The molecule has 0 aromatic rings. The number of ether oxygens (including phenoxy) is 3. The van der Waals surface area contributed by atoms with Gasteiger partial charge < -0.3 is 14.2 Å². The lowest BCUT2D eigenvalue weighted by Crippen LogP contribution is -2.30. The summed E-state index contributed by atoms with van der Waals surface area (Å²) < 4.78 is 17.0. The fraction of sp³-hybridized carbons (Fsp3) is 0.805. The molecule has 0 aromatic carbocycles. The number of unbranched alkanes of at least 4 members (excludes halogenated alkanes) is 44. The predicted molar refractivity (Wildman–Crippen MR) is 362 cm³/mol. The van der Waals surface area contributed by atoms with Crippen LogP contribution in [0.15, 0.2) is 72.9 Å². The predicted octanol–water partition coefficient (Wildman–Crippen LogP) is 25.2. The van der Waals surface area contributed by atoms with Crippen LogP contribution in [0.1, 0.15) is 380 Å². The van der Waals surface area contributed by atoms with Crippen LogP contribution in [0.25, 0.3) is 0 Å². The lowest BCUT2D eigenvalue weighted by Gasteiger charge is -2.18. The highest BCUT2D eigenvalue weighted by atomic mass is 16.6. The van der Waals surface area contributed by atoms with Gasteiger partial charge in [0.1, 0.15) is 13.2 Å². The molecule has 6 heteroatoms. The Morgan fingerprint density at radius 2 is 0.434 bits per heavy atom. The van der Waals surface area contributed by atoms with E-state index in [4.69, 9.17) is 14.2 Å². The van der Waals surface area contributed by atoms with Gasteiger partial charge in [-0.2, -0.15) is 0 Å². The van der Waals surface area contributed by atoms with Gasteiger partial charge in [0, 0.05) is 19.3 Å². The lowest BCUT2D eigenvalue weighted by molar-refractivity contribution is -0.167. The maximum Gasteiger partial charge on any atom is 0.306 e. The lowest BCUT2D eigenvalue weighted by atomic mass is 10.0. The minimum Gasteiger partial charge on any atom is -0.462 e. The summed E-state index contributed by atoms with van der Waals surface area (Å²) in [6.45, 7) is 6.64. The van der Waals surface area contributed by atoms with Crippen LogP contribution >= 0.6 is 0 Å². The van der Waals surface area contributed by atoms with Crippen LogP contribution in [0.5, 0.6) is 0 Å². The molecule has 0 radical (unpaired) electrons. The van der Waals surface area contributed by atoms with Crippen LogP contribution in [0.2, 0.25) is 0 Å². The number of hydrogen-bond donors (Lipinski definition) is 0. The first-order valence-corrected chi connectivity index (χ1v) is 36.4. The number of rotatable bonds is 67. The van der Waals surface area contributed by atoms with Crippen molar-refractivity contribution < 1.29 is 28.6 Å². The molecule has 0 aliphatic carbocycles. The summed E-state index contributed by atoms with van der Waals surface area (Å²) >= 11 is 0. The molecule has 0 amide bonds. The molecular weight excluding hydrogens is 1020 g/mol. The first-order valence-electron chi connectivity index (χ1n) is 36.4. The molecule has 0 N–H and O–H groups in total. The number of esters is 3. The van der Waals surface area contributed by atoms with Crippen molar-refractivity contribution in [3.63, 3.8) is 0 Å². The van der Waals surface area contributed by atoms with Crippen LogP contribution in [0.4, 0.5) is 0 Å². The molecule has 0 saturated heterocycles. The molecule has 83 heavy (non-hydrogen) atoms. The Labute approximate surface area is 516 Å². The molecule has 482 valence electrons. The second-order valence-electron chi connectivity index (χ2n) is 24.5. The number of carbonyl (C=O) groups excluding carboxylic acids is 3. The summed E-state index contributed by atoms with van der Waals surface area (Å²) in [4.78, 5) is 38.5. The van der Waals surface area contributed by atoms with Crippen LogP contribution < -0.4 is 0 Å². The van der Waals surface area contributed by atoms with E-state index in [-0.39, 0.29) is 31.1 Å². The molecule has 6 nitrogen and oxygen atoms in total. The van der Waals surface area contributed by atoms with E-state index in [9.17, 15) is 14.4 Å². The standard InChI is InChI=1S/C77H138O6/c1-4-7-10-13-16-19-22-25-28-30-32-33-34-35-36-37-38-39-40-41-42-43-45-46-49-52-55-58-61-64-67-70-76(79)82-73-74(72-81-75(78)69-66-63-60-57-54-51-48-27-24-21-18-15-12-9-6-3)83-77(80)71-68-65-62-59-56-53-50-47-44-31-29-26-23-20-17-14-11-8-5-2/h17,20,22,25-27,29-30,32,34-35,48,74H,4-16,18-19,21,23-24,28,31,33,36-47,49-73H2,1-3H3/b20-17-,25-22-,29-26-,32-30-,35-34-,48-27-. The molecule has 0 fully saturated rings. The Hall–Kier alpha value is -3.15. The summed E-state index contributed by atoms with van der Waals surface area (Å²) in [7, 11) is 0. The van der Waals surface area contributed by atoms with Crippen molar-refractivity contribution in [3.05, 3.63) is 72.9 Å². The Morgan fingerprint density at radius 3 is 0.711 bits per heavy atom. The Bertz CT molecular complexity index is 1520. The Morgan fingerprint density at radius 1 is 0.241 bits per heavy atom. The molecule has 0 bridgehead atoms. The van der Waals surface area contributed by atoms with E-state index >= 15 is 0 Å². The van der Waals surface area contributed by atoms with Crippen molar-refractivity contribution >= 4 is 17.9 Å². The van der Waals surface area contributed by atoms with Gasteiger partial charge in [-0.3, -0.25) is 14.4 Å². The van der Waals surface area contributed by atoms with Crippen LogP contribution in [-0.2, 0) is 28.6 Å². The molecule has 0 aromatic heterocycles. The fourth-order valence-corrected chi connectivity index (χ4v) is 10.7. The monoisotopic (exact) mass is 1160 g/mol. The maximum absolute atomic E-state index is 13.0. The van der Waals surface area contributed by atoms with Crippen molar-refractivity contribution in [1.29, 1.82) is 0 Å². The first kappa shape index (κ1) is 79.8. The van der Waals surface area contributed by atoms with Crippen molar-refractivity contribution in [1.82, 2.24) is 0 Å². The Kier molecular flexibility index (Phi) is 68.6. The van der Waals surface area contributed by atoms with Gasteiger partial charge in [0.05, 0.1) is 0 Å².